The Balaban J connectivity index is 2.00. The summed E-state index contributed by atoms with van der Waals surface area (Å²) in [6, 6.07) is 7.05. The highest BCUT2D eigenvalue weighted by Gasteiger charge is 2.37. The molecule has 0 bridgehead atoms. The van der Waals surface area contributed by atoms with Crippen LogP contribution in [0.3, 0.4) is 0 Å². The van der Waals surface area contributed by atoms with E-state index in [9.17, 15) is 4.39 Å². The number of halogens is 1. The molecule has 0 atom stereocenters. The highest BCUT2D eigenvalue weighted by atomic mass is 19.1. The van der Waals surface area contributed by atoms with E-state index in [2.05, 4.69) is 26.1 Å². The Labute approximate surface area is 110 Å². The number of benzene rings is 1. The van der Waals surface area contributed by atoms with Crippen LogP contribution in [0.1, 0.15) is 45.6 Å². The summed E-state index contributed by atoms with van der Waals surface area (Å²) >= 11 is 0. The van der Waals surface area contributed by atoms with Crippen molar-refractivity contribution in [1.29, 1.82) is 0 Å². The average molecular weight is 249 g/mol. The summed E-state index contributed by atoms with van der Waals surface area (Å²) in [6.07, 6.45) is 4.81. The molecule has 1 nitrogen and oxygen atoms in total. The molecule has 2 rings (SSSR count). The highest BCUT2D eigenvalue weighted by molar-refractivity contribution is 5.19. The predicted molar refractivity (Wildman–Crippen MR) is 74.1 cm³/mol. The molecule has 0 unspecified atom stereocenters. The first-order valence-electron chi connectivity index (χ1n) is 6.88. The molecule has 0 amide bonds. The second-order valence-corrected chi connectivity index (χ2v) is 6.76. The number of rotatable bonds is 4. The zero-order valence-corrected chi connectivity index (χ0v) is 11.7. The van der Waals surface area contributed by atoms with Gasteiger partial charge in [0.05, 0.1) is 0 Å². The Kier molecular flexibility index (Phi) is 3.76. The molecule has 0 spiro atoms. The third kappa shape index (κ3) is 3.55. The van der Waals surface area contributed by atoms with Crippen LogP contribution in [0, 0.1) is 11.2 Å². The van der Waals surface area contributed by atoms with Gasteiger partial charge in [0.15, 0.2) is 0 Å². The lowest BCUT2D eigenvalue weighted by Gasteiger charge is -2.44. The lowest BCUT2D eigenvalue weighted by molar-refractivity contribution is 0.118. The topological polar surface area (TPSA) is 12.0 Å². The minimum absolute atomic E-state index is 0.120. The standard InChI is InChI=1S/C16H24FN/c1-15(2,3)18-12-16(8-5-9-16)11-13-6-4-7-14(17)10-13/h4,6-7,10,18H,5,8-9,11-12H2,1-3H3. The smallest absolute Gasteiger partial charge is 0.123 e. The molecule has 1 saturated carbocycles. The van der Waals surface area contributed by atoms with Crippen molar-refractivity contribution in [1.82, 2.24) is 5.32 Å². The van der Waals surface area contributed by atoms with Gasteiger partial charge in [-0.3, -0.25) is 0 Å². The van der Waals surface area contributed by atoms with E-state index in [4.69, 9.17) is 0 Å². The van der Waals surface area contributed by atoms with Gasteiger partial charge in [-0.25, -0.2) is 4.39 Å². The molecular weight excluding hydrogens is 225 g/mol. The Morgan fingerprint density at radius 1 is 1.28 bits per heavy atom. The minimum Gasteiger partial charge on any atom is -0.312 e. The van der Waals surface area contributed by atoms with Crippen molar-refractivity contribution in [3.63, 3.8) is 0 Å². The van der Waals surface area contributed by atoms with Crippen molar-refractivity contribution in [2.75, 3.05) is 6.54 Å². The molecule has 100 valence electrons. The zero-order chi connectivity index (χ0) is 13.2. The van der Waals surface area contributed by atoms with Crippen LogP contribution in [0.4, 0.5) is 4.39 Å². The third-order valence-corrected chi connectivity index (χ3v) is 3.88. The molecule has 18 heavy (non-hydrogen) atoms. The fraction of sp³-hybridized carbons (Fsp3) is 0.625. The molecular formula is C16H24FN. The molecule has 0 aromatic heterocycles. The first-order valence-corrected chi connectivity index (χ1v) is 6.88. The van der Waals surface area contributed by atoms with Crippen LogP contribution < -0.4 is 5.32 Å². The first kappa shape index (κ1) is 13.5. The zero-order valence-electron chi connectivity index (χ0n) is 11.7. The van der Waals surface area contributed by atoms with E-state index in [0.29, 0.717) is 5.41 Å². The van der Waals surface area contributed by atoms with Crippen LogP contribution in [0.5, 0.6) is 0 Å². The van der Waals surface area contributed by atoms with Crippen molar-refractivity contribution in [3.8, 4) is 0 Å². The summed E-state index contributed by atoms with van der Waals surface area (Å²) < 4.78 is 13.2. The van der Waals surface area contributed by atoms with Crippen LogP contribution in [-0.2, 0) is 6.42 Å². The fourth-order valence-electron chi connectivity index (χ4n) is 2.63. The maximum absolute atomic E-state index is 13.2. The maximum Gasteiger partial charge on any atom is 0.123 e. The Bertz CT molecular complexity index is 402. The van der Waals surface area contributed by atoms with E-state index in [1.165, 1.54) is 25.3 Å². The van der Waals surface area contributed by atoms with Crippen molar-refractivity contribution in [2.45, 2.75) is 52.0 Å². The highest BCUT2D eigenvalue weighted by Crippen LogP contribution is 2.43. The molecule has 1 aromatic carbocycles. The van der Waals surface area contributed by atoms with Crippen molar-refractivity contribution in [3.05, 3.63) is 35.6 Å². The molecule has 1 aliphatic carbocycles. The molecule has 0 saturated heterocycles. The van der Waals surface area contributed by atoms with Crippen molar-refractivity contribution >= 4 is 0 Å². The van der Waals surface area contributed by atoms with Crippen LogP contribution in [0.25, 0.3) is 0 Å². The van der Waals surface area contributed by atoms with E-state index in [0.717, 1.165) is 18.5 Å². The van der Waals surface area contributed by atoms with E-state index < -0.39 is 0 Å². The molecule has 0 radical (unpaired) electrons. The molecule has 2 heteroatoms. The Hall–Kier alpha value is -0.890. The maximum atomic E-state index is 13.2. The van der Waals surface area contributed by atoms with Gasteiger partial charge in [-0.1, -0.05) is 18.6 Å². The average Bonchev–Trinajstić information content (AvgIpc) is 2.20. The number of hydrogen-bond donors (Lipinski definition) is 1. The van der Waals surface area contributed by atoms with Gasteiger partial charge in [-0.15, -0.1) is 0 Å². The number of hydrogen-bond acceptors (Lipinski definition) is 1. The summed E-state index contributed by atoms with van der Waals surface area (Å²) in [4.78, 5) is 0. The van der Waals surface area contributed by atoms with Gasteiger partial charge >= 0.3 is 0 Å². The normalized spacial score (nSPS) is 18.4. The van der Waals surface area contributed by atoms with Crippen molar-refractivity contribution < 1.29 is 4.39 Å². The van der Waals surface area contributed by atoms with E-state index in [1.54, 1.807) is 6.07 Å². The lowest BCUT2D eigenvalue weighted by Crippen LogP contribution is -2.47. The minimum atomic E-state index is -0.120. The van der Waals surface area contributed by atoms with Gasteiger partial charge < -0.3 is 5.32 Å². The quantitative estimate of drug-likeness (QED) is 0.852. The van der Waals surface area contributed by atoms with Gasteiger partial charge in [0.2, 0.25) is 0 Å². The van der Waals surface area contributed by atoms with Crippen LogP contribution in [-0.4, -0.2) is 12.1 Å². The SMILES string of the molecule is CC(C)(C)NCC1(Cc2cccc(F)c2)CCC1. The predicted octanol–water partition coefficient (Wildman–Crippen LogP) is 3.93. The van der Waals surface area contributed by atoms with Gasteiger partial charge in [0.25, 0.3) is 0 Å². The van der Waals surface area contributed by atoms with Gasteiger partial charge in [-0.2, -0.15) is 0 Å². The fourth-order valence-corrected chi connectivity index (χ4v) is 2.63. The molecule has 1 aromatic rings. The first-order chi connectivity index (χ1) is 8.39. The summed E-state index contributed by atoms with van der Waals surface area (Å²) in [6.45, 7) is 7.62. The summed E-state index contributed by atoms with van der Waals surface area (Å²) in [7, 11) is 0. The van der Waals surface area contributed by atoms with E-state index in [1.807, 2.05) is 12.1 Å². The summed E-state index contributed by atoms with van der Waals surface area (Å²) in [5, 5.41) is 3.61. The molecule has 1 fully saturated rings. The van der Waals surface area contributed by atoms with E-state index >= 15 is 0 Å². The Morgan fingerprint density at radius 2 is 2.00 bits per heavy atom. The molecule has 0 aliphatic heterocycles. The van der Waals surface area contributed by atoms with E-state index in [-0.39, 0.29) is 11.4 Å². The largest absolute Gasteiger partial charge is 0.312 e. The molecule has 1 N–H and O–H groups in total. The molecule has 0 heterocycles. The lowest BCUT2D eigenvalue weighted by atomic mass is 9.65. The Morgan fingerprint density at radius 3 is 2.50 bits per heavy atom. The number of nitrogens with one attached hydrogen (secondary N) is 1. The monoisotopic (exact) mass is 249 g/mol. The third-order valence-electron chi connectivity index (χ3n) is 3.88. The summed E-state index contributed by atoms with van der Waals surface area (Å²) in [5.74, 6) is -0.120. The van der Waals surface area contributed by atoms with Gasteiger partial charge in [0.1, 0.15) is 5.82 Å². The van der Waals surface area contributed by atoms with Gasteiger partial charge in [-0.05, 0) is 63.1 Å². The molecule has 1 aliphatic rings. The van der Waals surface area contributed by atoms with Gasteiger partial charge in [0, 0.05) is 12.1 Å². The second kappa shape index (κ2) is 5.00. The van der Waals surface area contributed by atoms with Crippen molar-refractivity contribution in [2.24, 2.45) is 5.41 Å². The van der Waals surface area contributed by atoms with Crippen LogP contribution >= 0.6 is 0 Å². The summed E-state index contributed by atoms with van der Waals surface area (Å²) in [5.41, 5.74) is 1.64. The second-order valence-electron chi connectivity index (χ2n) is 6.76. The van der Waals surface area contributed by atoms with Crippen LogP contribution in [0.15, 0.2) is 24.3 Å². The van der Waals surface area contributed by atoms with Crippen LogP contribution in [0.2, 0.25) is 0 Å².